The van der Waals surface area contributed by atoms with Crippen molar-refractivity contribution in [3.8, 4) is 11.5 Å². The Bertz CT molecular complexity index is 668. The van der Waals surface area contributed by atoms with Gasteiger partial charge in [-0.2, -0.15) is 0 Å². The lowest BCUT2D eigenvalue weighted by atomic mass is 10.2. The first-order valence-corrected chi connectivity index (χ1v) is 9.85. The molecule has 0 atom stereocenters. The summed E-state index contributed by atoms with van der Waals surface area (Å²) in [6.45, 7) is 3.48. The van der Waals surface area contributed by atoms with Gasteiger partial charge < -0.3 is 14.2 Å². The predicted molar refractivity (Wildman–Crippen MR) is 108 cm³/mol. The summed E-state index contributed by atoms with van der Waals surface area (Å²) >= 11 is 5.83. The second-order valence-corrected chi connectivity index (χ2v) is 6.66. The molecule has 0 radical (unpaired) electrons. The van der Waals surface area contributed by atoms with Crippen LogP contribution >= 0.6 is 11.6 Å². The molecule has 2 rings (SSSR count). The second kappa shape index (κ2) is 12.2. The van der Waals surface area contributed by atoms with Gasteiger partial charge in [0.25, 0.3) is 0 Å². The number of carbonyl (C=O) groups is 1. The van der Waals surface area contributed by atoms with Crippen molar-refractivity contribution in [2.45, 2.75) is 39.0 Å². The SMILES string of the molecule is CCCCCCCOC(=O)c1ccc(OCCOc2ccc(Cl)cc2)cc1. The van der Waals surface area contributed by atoms with E-state index in [0.717, 1.165) is 18.6 Å². The Balaban J connectivity index is 1.63. The highest BCUT2D eigenvalue weighted by Crippen LogP contribution is 2.16. The molecule has 146 valence electrons. The first-order chi connectivity index (χ1) is 13.2. The molecular formula is C22H27ClO4. The van der Waals surface area contributed by atoms with Crippen molar-refractivity contribution in [2.75, 3.05) is 19.8 Å². The molecule has 2 aromatic carbocycles. The van der Waals surface area contributed by atoms with Crippen LogP contribution in [0.3, 0.4) is 0 Å². The molecule has 2 aromatic rings. The fourth-order valence-corrected chi connectivity index (χ4v) is 2.62. The van der Waals surface area contributed by atoms with Crippen LogP contribution in [0, 0.1) is 0 Å². The second-order valence-electron chi connectivity index (χ2n) is 6.23. The number of benzene rings is 2. The third kappa shape index (κ3) is 8.35. The van der Waals surface area contributed by atoms with E-state index in [9.17, 15) is 4.79 Å². The lowest BCUT2D eigenvalue weighted by molar-refractivity contribution is 0.0497. The van der Waals surface area contributed by atoms with Crippen LogP contribution in [-0.2, 0) is 4.74 Å². The molecule has 0 bridgehead atoms. The topological polar surface area (TPSA) is 44.8 Å². The lowest BCUT2D eigenvalue weighted by Gasteiger charge is -2.09. The first kappa shape index (κ1) is 21.1. The number of ether oxygens (including phenoxy) is 3. The highest BCUT2D eigenvalue weighted by atomic mass is 35.5. The van der Waals surface area contributed by atoms with E-state index in [4.69, 9.17) is 25.8 Å². The Kier molecular flexibility index (Phi) is 9.56. The third-order valence-corrected chi connectivity index (χ3v) is 4.26. The minimum Gasteiger partial charge on any atom is -0.490 e. The molecule has 0 fully saturated rings. The summed E-state index contributed by atoms with van der Waals surface area (Å²) in [6, 6.07) is 14.1. The van der Waals surface area contributed by atoms with Crippen molar-refractivity contribution in [1.82, 2.24) is 0 Å². The van der Waals surface area contributed by atoms with Crippen molar-refractivity contribution < 1.29 is 19.0 Å². The third-order valence-electron chi connectivity index (χ3n) is 4.01. The molecule has 27 heavy (non-hydrogen) atoms. The molecule has 0 unspecified atom stereocenters. The highest BCUT2D eigenvalue weighted by molar-refractivity contribution is 6.30. The zero-order valence-electron chi connectivity index (χ0n) is 15.8. The highest BCUT2D eigenvalue weighted by Gasteiger charge is 2.07. The quantitative estimate of drug-likeness (QED) is 0.333. The van der Waals surface area contributed by atoms with Crippen molar-refractivity contribution >= 4 is 17.6 Å². The zero-order chi connectivity index (χ0) is 19.3. The van der Waals surface area contributed by atoms with Gasteiger partial charge in [-0.25, -0.2) is 4.79 Å². The minimum atomic E-state index is -0.289. The lowest BCUT2D eigenvalue weighted by Crippen LogP contribution is -2.09. The van der Waals surface area contributed by atoms with E-state index in [1.807, 2.05) is 12.1 Å². The van der Waals surface area contributed by atoms with Gasteiger partial charge in [-0.3, -0.25) is 0 Å². The molecule has 0 N–H and O–H groups in total. The number of esters is 1. The number of hydrogen-bond acceptors (Lipinski definition) is 4. The number of rotatable bonds is 12. The molecule has 0 aliphatic rings. The van der Waals surface area contributed by atoms with Crippen molar-refractivity contribution in [1.29, 1.82) is 0 Å². The van der Waals surface area contributed by atoms with Crippen molar-refractivity contribution in [2.24, 2.45) is 0 Å². The molecule has 4 nitrogen and oxygen atoms in total. The molecule has 0 saturated carbocycles. The van der Waals surface area contributed by atoms with E-state index in [2.05, 4.69) is 6.92 Å². The summed E-state index contributed by atoms with van der Waals surface area (Å²) < 4.78 is 16.5. The summed E-state index contributed by atoms with van der Waals surface area (Å²) in [5.74, 6) is 1.14. The Morgan fingerprint density at radius 2 is 1.33 bits per heavy atom. The normalized spacial score (nSPS) is 10.4. The Labute approximate surface area is 166 Å². The Morgan fingerprint density at radius 3 is 1.93 bits per heavy atom. The van der Waals surface area contributed by atoms with Crippen LogP contribution in [0.4, 0.5) is 0 Å². The molecule has 0 saturated heterocycles. The zero-order valence-corrected chi connectivity index (χ0v) is 16.5. The maximum Gasteiger partial charge on any atom is 0.338 e. The van der Waals surface area contributed by atoms with E-state index in [1.165, 1.54) is 19.3 Å². The average Bonchev–Trinajstić information content (AvgIpc) is 2.69. The van der Waals surface area contributed by atoms with Gasteiger partial charge in [0, 0.05) is 5.02 Å². The van der Waals surface area contributed by atoms with Crippen LogP contribution in [0.25, 0.3) is 0 Å². The van der Waals surface area contributed by atoms with Crippen LogP contribution < -0.4 is 9.47 Å². The summed E-state index contributed by atoms with van der Waals surface area (Å²) in [7, 11) is 0. The summed E-state index contributed by atoms with van der Waals surface area (Å²) in [5.41, 5.74) is 0.535. The van der Waals surface area contributed by atoms with Gasteiger partial charge in [0.2, 0.25) is 0 Å². The van der Waals surface area contributed by atoms with Gasteiger partial charge in [0.15, 0.2) is 0 Å². The molecule has 0 aromatic heterocycles. The number of halogens is 1. The van der Waals surface area contributed by atoms with Crippen LogP contribution in [0.2, 0.25) is 5.02 Å². The van der Waals surface area contributed by atoms with Crippen molar-refractivity contribution in [3.05, 3.63) is 59.1 Å². The van der Waals surface area contributed by atoms with Gasteiger partial charge in [-0.05, 0) is 55.0 Å². The van der Waals surface area contributed by atoms with Crippen LogP contribution in [-0.4, -0.2) is 25.8 Å². The van der Waals surface area contributed by atoms with E-state index >= 15 is 0 Å². The van der Waals surface area contributed by atoms with Crippen LogP contribution in [0.15, 0.2) is 48.5 Å². The molecule has 0 heterocycles. The largest absolute Gasteiger partial charge is 0.490 e. The summed E-state index contributed by atoms with van der Waals surface area (Å²) in [6.07, 6.45) is 5.66. The Hall–Kier alpha value is -2.20. The summed E-state index contributed by atoms with van der Waals surface area (Å²) in [5, 5.41) is 0.675. The monoisotopic (exact) mass is 390 g/mol. The number of unbranched alkanes of at least 4 members (excludes halogenated alkanes) is 4. The van der Waals surface area contributed by atoms with Gasteiger partial charge in [-0.1, -0.05) is 44.2 Å². The Morgan fingerprint density at radius 1 is 0.778 bits per heavy atom. The minimum absolute atomic E-state index is 0.289. The van der Waals surface area contributed by atoms with Crippen molar-refractivity contribution in [3.63, 3.8) is 0 Å². The molecule has 0 aliphatic carbocycles. The maximum atomic E-state index is 12.0. The van der Waals surface area contributed by atoms with E-state index < -0.39 is 0 Å². The first-order valence-electron chi connectivity index (χ1n) is 9.47. The smallest absolute Gasteiger partial charge is 0.338 e. The van der Waals surface area contributed by atoms with Crippen LogP contribution in [0.1, 0.15) is 49.4 Å². The number of carbonyl (C=O) groups excluding carboxylic acids is 1. The predicted octanol–water partition coefficient (Wildman–Crippen LogP) is 5.93. The molecule has 0 amide bonds. The average molecular weight is 391 g/mol. The molecule has 5 heteroatoms. The number of hydrogen-bond donors (Lipinski definition) is 0. The van der Waals surface area contributed by atoms with Crippen LogP contribution in [0.5, 0.6) is 11.5 Å². The standard InChI is InChI=1S/C22H27ClO4/c1-2-3-4-5-6-15-27-22(24)18-7-11-20(12-8-18)25-16-17-26-21-13-9-19(23)10-14-21/h7-14H,2-6,15-17H2,1H3. The van der Waals surface area contributed by atoms with E-state index in [0.29, 0.717) is 36.2 Å². The van der Waals surface area contributed by atoms with Gasteiger partial charge in [0.05, 0.1) is 12.2 Å². The molecule has 0 spiro atoms. The van der Waals surface area contributed by atoms with Gasteiger partial charge >= 0.3 is 5.97 Å². The fourth-order valence-electron chi connectivity index (χ4n) is 2.49. The fraction of sp³-hybridized carbons (Fsp3) is 0.409. The van der Waals surface area contributed by atoms with Gasteiger partial charge in [-0.15, -0.1) is 0 Å². The molecule has 0 aliphatic heterocycles. The van der Waals surface area contributed by atoms with E-state index in [-0.39, 0.29) is 5.97 Å². The van der Waals surface area contributed by atoms with E-state index in [1.54, 1.807) is 36.4 Å². The van der Waals surface area contributed by atoms with Gasteiger partial charge in [0.1, 0.15) is 24.7 Å². The summed E-state index contributed by atoms with van der Waals surface area (Å²) in [4.78, 5) is 12.0. The maximum absolute atomic E-state index is 12.0. The molecular weight excluding hydrogens is 364 g/mol.